The van der Waals surface area contributed by atoms with Gasteiger partial charge >= 0.3 is 5.97 Å². The smallest absolute Gasteiger partial charge is 0.328 e. The summed E-state index contributed by atoms with van der Waals surface area (Å²) in [5, 5.41) is 5.94. The lowest BCUT2D eigenvalue weighted by molar-refractivity contribution is -0.139. The molecule has 4 nitrogen and oxygen atoms in total. The fraction of sp³-hybridized carbons (Fsp3) is 0.333. The highest BCUT2D eigenvalue weighted by molar-refractivity contribution is 7.80. The Morgan fingerprint density at radius 2 is 2.33 bits per heavy atom. The minimum Gasteiger partial charge on any atom is -0.464 e. The molecule has 0 saturated carbocycles. The van der Waals surface area contributed by atoms with Crippen LogP contribution in [0.15, 0.2) is 18.2 Å². The number of carbonyl (C=O) groups excluding carboxylic acids is 1. The standard InChI is InChI=1S/C12H13FN2O2S/c1-7-2-3-8(6-9(7)13)14-12(18)15-10-4-5-17-11(10)16/h2-3,6,10H,4-5H2,1H3,(H2,14,15,18)/t10-/m0/s1. The third-order valence-electron chi connectivity index (χ3n) is 2.67. The third-order valence-corrected chi connectivity index (χ3v) is 2.89. The average molecular weight is 268 g/mol. The van der Waals surface area contributed by atoms with Gasteiger partial charge in [-0.1, -0.05) is 6.07 Å². The maximum absolute atomic E-state index is 13.3. The van der Waals surface area contributed by atoms with Crippen LogP contribution >= 0.6 is 12.2 Å². The summed E-state index contributed by atoms with van der Waals surface area (Å²) < 4.78 is 18.1. The van der Waals surface area contributed by atoms with Crippen LogP contribution in [0, 0.1) is 12.7 Å². The molecule has 1 atom stereocenters. The molecule has 6 heteroatoms. The molecule has 0 radical (unpaired) electrons. The predicted octanol–water partition coefficient (Wildman–Crippen LogP) is 1.74. The molecular formula is C12H13FN2O2S. The van der Waals surface area contributed by atoms with E-state index in [1.807, 2.05) is 0 Å². The molecule has 1 aromatic rings. The first-order valence-electron chi connectivity index (χ1n) is 5.56. The van der Waals surface area contributed by atoms with Crippen LogP contribution in [0.5, 0.6) is 0 Å². The molecule has 1 saturated heterocycles. The quantitative estimate of drug-likeness (QED) is 0.632. The van der Waals surface area contributed by atoms with Crippen molar-refractivity contribution in [1.29, 1.82) is 0 Å². The van der Waals surface area contributed by atoms with E-state index in [1.165, 1.54) is 6.07 Å². The fourth-order valence-electron chi connectivity index (χ4n) is 1.62. The van der Waals surface area contributed by atoms with Crippen molar-refractivity contribution in [2.75, 3.05) is 11.9 Å². The van der Waals surface area contributed by atoms with Gasteiger partial charge in [0.25, 0.3) is 0 Å². The van der Waals surface area contributed by atoms with E-state index in [0.29, 0.717) is 24.3 Å². The Morgan fingerprint density at radius 1 is 1.56 bits per heavy atom. The third kappa shape index (κ3) is 2.95. The number of carbonyl (C=O) groups is 1. The molecule has 0 aromatic heterocycles. The maximum Gasteiger partial charge on any atom is 0.328 e. The average Bonchev–Trinajstić information content (AvgIpc) is 2.70. The van der Waals surface area contributed by atoms with Gasteiger partial charge < -0.3 is 15.4 Å². The lowest BCUT2D eigenvalue weighted by atomic mass is 10.2. The topological polar surface area (TPSA) is 50.4 Å². The van der Waals surface area contributed by atoms with Crippen molar-refractivity contribution in [3.63, 3.8) is 0 Å². The molecule has 0 bridgehead atoms. The van der Waals surface area contributed by atoms with E-state index >= 15 is 0 Å². The number of aryl methyl sites for hydroxylation is 1. The molecular weight excluding hydrogens is 255 g/mol. The molecule has 1 aromatic carbocycles. The highest BCUT2D eigenvalue weighted by atomic mass is 32.1. The van der Waals surface area contributed by atoms with E-state index < -0.39 is 6.04 Å². The van der Waals surface area contributed by atoms with Crippen LogP contribution in [0.4, 0.5) is 10.1 Å². The van der Waals surface area contributed by atoms with Gasteiger partial charge in [0.15, 0.2) is 5.11 Å². The van der Waals surface area contributed by atoms with Crippen LogP contribution in [-0.4, -0.2) is 23.7 Å². The van der Waals surface area contributed by atoms with E-state index in [9.17, 15) is 9.18 Å². The van der Waals surface area contributed by atoms with Crippen LogP contribution in [0.2, 0.25) is 0 Å². The Balaban J connectivity index is 1.94. The molecule has 0 amide bonds. The number of thiocarbonyl (C=S) groups is 1. The number of ether oxygens (including phenoxy) is 1. The lowest BCUT2D eigenvalue weighted by Gasteiger charge is -2.13. The van der Waals surface area contributed by atoms with Gasteiger partial charge in [-0.25, -0.2) is 9.18 Å². The van der Waals surface area contributed by atoms with Crippen LogP contribution < -0.4 is 10.6 Å². The van der Waals surface area contributed by atoms with Crippen molar-refractivity contribution in [2.24, 2.45) is 0 Å². The van der Waals surface area contributed by atoms with E-state index in [1.54, 1.807) is 19.1 Å². The van der Waals surface area contributed by atoms with Crippen molar-refractivity contribution in [3.05, 3.63) is 29.6 Å². The highest BCUT2D eigenvalue weighted by Crippen LogP contribution is 2.14. The summed E-state index contributed by atoms with van der Waals surface area (Å²) in [4.78, 5) is 11.2. The number of halogens is 1. The van der Waals surface area contributed by atoms with E-state index in [4.69, 9.17) is 17.0 Å². The second kappa shape index (κ2) is 5.30. The van der Waals surface area contributed by atoms with Gasteiger partial charge in [-0.3, -0.25) is 0 Å². The van der Waals surface area contributed by atoms with Crippen LogP contribution in [0.25, 0.3) is 0 Å². The van der Waals surface area contributed by atoms with Crippen molar-refractivity contribution in [2.45, 2.75) is 19.4 Å². The van der Waals surface area contributed by atoms with Gasteiger partial charge in [0.1, 0.15) is 11.9 Å². The summed E-state index contributed by atoms with van der Waals surface area (Å²) in [6, 6.07) is 4.32. The molecule has 0 spiro atoms. The van der Waals surface area contributed by atoms with E-state index in [-0.39, 0.29) is 16.9 Å². The Bertz CT molecular complexity index is 493. The number of cyclic esters (lactones) is 1. The van der Waals surface area contributed by atoms with E-state index in [0.717, 1.165) is 0 Å². The molecule has 1 aliphatic rings. The number of anilines is 1. The molecule has 96 valence electrons. The Morgan fingerprint density at radius 3 is 2.94 bits per heavy atom. The lowest BCUT2D eigenvalue weighted by Crippen LogP contribution is -2.40. The Labute approximate surface area is 110 Å². The molecule has 1 heterocycles. The summed E-state index contributed by atoms with van der Waals surface area (Å²) in [7, 11) is 0. The summed E-state index contributed by atoms with van der Waals surface area (Å²) in [5.74, 6) is -0.614. The number of benzene rings is 1. The fourth-order valence-corrected chi connectivity index (χ4v) is 1.88. The number of rotatable bonds is 2. The normalized spacial score (nSPS) is 18.3. The first-order valence-corrected chi connectivity index (χ1v) is 5.97. The van der Waals surface area contributed by atoms with Crippen LogP contribution in [-0.2, 0) is 9.53 Å². The predicted molar refractivity (Wildman–Crippen MR) is 69.9 cm³/mol. The van der Waals surface area contributed by atoms with Crippen molar-refractivity contribution < 1.29 is 13.9 Å². The van der Waals surface area contributed by atoms with Crippen molar-refractivity contribution in [3.8, 4) is 0 Å². The Kier molecular flexibility index (Phi) is 3.76. The minimum atomic E-state index is -0.416. The zero-order valence-electron chi connectivity index (χ0n) is 9.83. The van der Waals surface area contributed by atoms with E-state index in [2.05, 4.69) is 10.6 Å². The van der Waals surface area contributed by atoms with Crippen LogP contribution in [0.1, 0.15) is 12.0 Å². The number of hydrogen-bond acceptors (Lipinski definition) is 3. The number of nitrogens with one attached hydrogen (secondary N) is 2. The Hall–Kier alpha value is -1.69. The van der Waals surface area contributed by atoms with Crippen molar-refractivity contribution >= 4 is 29.0 Å². The molecule has 1 aliphatic heterocycles. The minimum absolute atomic E-state index is 0.280. The SMILES string of the molecule is Cc1ccc(NC(=S)N[C@H]2CCOC2=O)cc1F. The zero-order chi connectivity index (χ0) is 13.1. The monoisotopic (exact) mass is 268 g/mol. The molecule has 2 rings (SSSR count). The largest absolute Gasteiger partial charge is 0.464 e. The van der Waals surface area contributed by atoms with Gasteiger partial charge in [0, 0.05) is 12.1 Å². The van der Waals surface area contributed by atoms with Crippen molar-refractivity contribution in [1.82, 2.24) is 5.32 Å². The zero-order valence-corrected chi connectivity index (χ0v) is 10.6. The molecule has 0 unspecified atom stereocenters. The second-order valence-corrected chi connectivity index (χ2v) is 4.48. The number of hydrogen-bond donors (Lipinski definition) is 2. The van der Waals surface area contributed by atoms with Gasteiger partial charge in [0.05, 0.1) is 6.61 Å². The van der Waals surface area contributed by atoms with Gasteiger partial charge in [-0.15, -0.1) is 0 Å². The second-order valence-electron chi connectivity index (χ2n) is 4.07. The van der Waals surface area contributed by atoms with Gasteiger partial charge in [-0.2, -0.15) is 0 Å². The summed E-state index contributed by atoms with van der Waals surface area (Å²) >= 11 is 5.05. The number of esters is 1. The highest BCUT2D eigenvalue weighted by Gasteiger charge is 2.26. The molecule has 0 aliphatic carbocycles. The molecule has 1 fully saturated rings. The van der Waals surface area contributed by atoms with Gasteiger partial charge in [-0.05, 0) is 36.8 Å². The summed E-state index contributed by atoms with van der Waals surface area (Å²) in [5.41, 5.74) is 1.11. The summed E-state index contributed by atoms with van der Waals surface area (Å²) in [6.07, 6.45) is 0.586. The summed E-state index contributed by atoms with van der Waals surface area (Å²) in [6.45, 7) is 2.09. The first-order chi connectivity index (χ1) is 8.56. The molecule has 2 N–H and O–H groups in total. The van der Waals surface area contributed by atoms with Gasteiger partial charge in [0.2, 0.25) is 0 Å². The maximum atomic E-state index is 13.3. The first kappa shape index (κ1) is 12.8. The van der Waals surface area contributed by atoms with Crippen LogP contribution in [0.3, 0.4) is 0 Å². The molecule has 18 heavy (non-hydrogen) atoms.